The number of aromatic nitrogens is 1. The van der Waals surface area contributed by atoms with E-state index in [-0.39, 0.29) is 4.21 Å². The van der Waals surface area contributed by atoms with Gasteiger partial charge in [-0.25, -0.2) is 13.4 Å². The minimum absolute atomic E-state index is 0.254. The van der Waals surface area contributed by atoms with Gasteiger partial charge in [-0.05, 0) is 62.4 Å². The van der Waals surface area contributed by atoms with Crippen LogP contribution in [0, 0.1) is 6.92 Å². The second-order valence-corrected chi connectivity index (χ2v) is 7.89. The lowest BCUT2D eigenvalue weighted by molar-refractivity contribution is 0.602. The van der Waals surface area contributed by atoms with E-state index in [2.05, 4.69) is 41.6 Å². The number of anilines is 1. The molecule has 1 N–H and O–H groups in total. The number of hydrogen-bond acceptors (Lipinski definition) is 4. The molecule has 0 saturated heterocycles. The van der Waals surface area contributed by atoms with Gasteiger partial charge in [0.1, 0.15) is 4.60 Å². The molecular formula is C10H8Br2N2O2S2. The van der Waals surface area contributed by atoms with E-state index in [9.17, 15) is 8.42 Å². The van der Waals surface area contributed by atoms with E-state index >= 15 is 0 Å². The van der Waals surface area contributed by atoms with Crippen molar-refractivity contribution in [3.05, 3.63) is 38.3 Å². The quantitative estimate of drug-likeness (QED) is 0.781. The van der Waals surface area contributed by atoms with Gasteiger partial charge in [0.15, 0.2) is 4.21 Å². The second kappa shape index (κ2) is 5.28. The summed E-state index contributed by atoms with van der Waals surface area (Å²) in [4.78, 5) is 4.14. The Morgan fingerprint density at radius 3 is 2.56 bits per heavy atom. The summed E-state index contributed by atoms with van der Waals surface area (Å²) in [5.74, 6) is 0. The monoisotopic (exact) mass is 410 g/mol. The number of halogens is 2. The highest BCUT2D eigenvalue weighted by Gasteiger charge is 2.20. The van der Waals surface area contributed by atoms with Crippen molar-refractivity contribution in [3.8, 4) is 0 Å². The zero-order chi connectivity index (χ0) is 13.3. The number of nitrogens with one attached hydrogen (secondary N) is 1. The number of pyridine rings is 1. The summed E-state index contributed by atoms with van der Waals surface area (Å²) in [7, 11) is -3.57. The molecule has 8 heteroatoms. The molecule has 0 unspecified atom stereocenters. The molecule has 0 aliphatic rings. The molecule has 0 amide bonds. The maximum Gasteiger partial charge on any atom is 0.272 e. The topological polar surface area (TPSA) is 59.1 Å². The van der Waals surface area contributed by atoms with Gasteiger partial charge in [-0.1, -0.05) is 0 Å². The molecule has 0 aliphatic heterocycles. The van der Waals surface area contributed by atoms with Crippen molar-refractivity contribution >= 4 is 58.9 Å². The van der Waals surface area contributed by atoms with Gasteiger partial charge in [0.05, 0.1) is 11.4 Å². The molecule has 0 aliphatic carbocycles. The molecule has 2 aromatic rings. The van der Waals surface area contributed by atoms with Gasteiger partial charge in [-0.3, -0.25) is 4.72 Å². The summed E-state index contributed by atoms with van der Waals surface area (Å²) in [5.41, 5.74) is 1.08. The number of nitrogens with zero attached hydrogens (tertiary/aromatic N) is 1. The Balaban J connectivity index is 2.37. The average Bonchev–Trinajstić information content (AvgIpc) is 2.69. The molecule has 0 atom stereocenters. The van der Waals surface area contributed by atoms with Gasteiger partial charge in [0.25, 0.3) is 10.0 Å². The molecule has 0 aromatic carbocycles. The first-order valence-electron chi connectivity index (χ1n) is 4.79. The van der Waals surface area contributed by atoms with Crippen LogP contribution in [-0.2, 0) is 10.0 Å². The molecule has 0 radical (unpaired) electrons. The first kappa shape index (κ1) is 14.0. The van der Waals surface area contributed by atoms with Crippen LogP contribution in [0.1, 0.15) is 5.69 Å². The average molecular weight is 412 g/mol. The predicted molar refractivity (Wildman–Crippen MR) is 79.5 cm³/mol. The summed E-state index contributed by atoms with van der Waals surface area (Å²) < 4.78 is 28.3. The maximum absolute atomic E-state index is 12.2. The SMILES string of the molecule is Cc1nc(Br)ccc1NS(=O)(=O)c1sccc1Br. The Kier molecular flexibility index (Phi) is 4.10. The number of rotatable bonds is 3. The second-order valence-electron chi connectivity index (χ2n) is 3.43. The molecule has 2 heterocycles. The molecular weight excluding hydrogens is 404 g/mol. The van der Waals surface area contributed by atoms with Crippen LogP contribution in [0.25, 0.3) is 0 Å². The van der Waals surface area contributed by atoms with Crippen LogP contribution in [0.5, 0.6) is 0 Å². The zero-order valence-electron chi connectivity index (χ0n) is 9.15. The number of thiophene rings is 1. The Morgan fingerprint density at radius 2 is 2.00 bits per heavy atom. The first-order chi connectivity index (χ1) is 8.40. The van der Waals surface area contributed by atoms with E-state index < -0.39 is 10.0 Å². The van der Waals surface area contributed by atoms with Gasteiger partial charge in [-0.15, -0.1) is 11.3 Å². The lowest BCUT2D eigenvalue weighted by atomic mass is 10.3. The Labute approximate surface area is 126 Å². The van der Waals surface area contributed by atoms with Gasteiger partial charge in [0.2, 0.25) is 0 Å². The molecule has 2 aromatic heterocycles. The smallest absolute Gasteiger partial charge is 0.272 e. The number of sulfonamides is 1. The highest BCUT2D eigenvalue weighted by molar-refractivity contribution is 9.10. The lowest BCUT2D eigenvalue weighted by Gasteiger charge is -2.09. The van der Waals surface area contributed by atoms with Crippen LogP contribution < -0.4 is 4.72 Å². The normalized spacial score (nSPS) is 11.5. The summed E-state index contributed by atoms with van der Waals surface area (Å²) in [5, 5.41) is 1.71. The van der Waals surface area contributed by atoms with Crippen molar-refractivity contribution < 1.29 is 8.42 Å². The van der Waals surface area contributed by atoms with Crippen molar-refractivity contribution in [2.24, 2.45) is 0 Å². The molecule has 4 nitrogen and oxygen atoms in total. The Hall–Kier alpha value is -0.440. The zero-order valence-corrected chi connectivity index (χ0v) is 14.0. The van der Waals surface area contributed by atoms with Crippen molar-refractivity contribution in [1.82, 2.24) is 4.98 Å². The van der Waals surface area contributed by atoms with E-state index in [0.29, 0.717) is 20.5 Å². The fraction of sp³-hybridized carbons (Fsp3) is 0.100. The summed E-state index contributed by atoms with van der Waals surface area (Å²) in [6, 6.07) is 5.06. The van der Waals surface area contributed by atoms with Crippen molar-refractivity contribution in [2.75, 3.05) is 4.72 Å². The molecule has 2 rings (SSSR count). The molecule has 96 valence electrons. The highest BCUT2D eigenvalue weighted by Crippen LogP contribution is 2.29. The first-order valence-corrected chi connectivity index (χ1v) is 8.74. The van der Waals surface area contributed by atoms with Gasteiger partial charge in [0, 0.05) is 4.47 Å². The lowest BCUT2D eigenvalue weighted by Crippen LogP contribution is -2.13. The summed E-state index contributed by atoms with van der Waals surface area (Å²) in [6.07, 6.45) is 0. The highest BCUT2D eigenvalue weighted by atomic mass is 79.9. The van der Waals surface area contributed by atoms with Gasteiger partial charge in [-0.2, -0.15) is 0 Å². The van der Waals surface area contributed by atoms with Crippen LogP contribution in [0.3, 0.4) is 0 Å². The van der Waals surface area contributed by atoms with E-state index in [4.69, 9.17) is 0 Å². The van der Waals surface area contributed by atoms with Crippen molar-refractivity contribution in [2.45, 2.75) is 11.1 Å². The molecule has 18 heavy (non-hydrogen) atoms. The van der Waals surface area contributed by atoms with Crippen LogP contribution in [-0.4, -0.2) is 13.4 Å². The maximum atomic E-state index is 12.2. The largest absolute Gasteiger partial charge is 0.277 e. The third-order valence-corrected chi connectivity index (χ3v) is 6.60. The van der Waals surface area contributed by atoms with Crippen molar-refractivity contribution in [3.63, 3.8) is 0 Å². The Morgan fingerprint density at radius 1 is 1.28 bits per heavy atom. The van der Waals surface area contributed by atoms with E-state index in [1.807, 2.05) is 0 Å². The third-order valence-electron chi connectivity index (χ3n) is 2.12. The number of aryl methyl sites for hydroxylation is 1. The van der Waals surface area contributed by atoms with Crippen molar-refractivity contribution in [1.29, 1.82) is 0 Å². The molecule has 0 fully saturated rings. The molecule has 0 saturated carbocycles. The third kappa shape index (κ3) is 2.93. The summed E-state index contributed by atoms with van der Waals surface area (Å²) >= 11 is 7.60. The predicted octanol–water partition coefficient (Wildman–Crippen LogP) is 3.78. The fourth-order valence-electron chi connectivity index (χ4n) is 1.30. The summed E-state index contributed by atoms with van der Waals surface area (Å²) in [6.45, 7) is 1.74. The number of hydrogen-bond donors (Lipinski definition) is 1. The molecule has 0 spiro atoms. The van der Waals surface area contributed by atoms with Gasteiger partial charge < -0.3 is 0 Å². The van der Waals surface area contributed by atoms with Crippen LogP contribution in [0.15, 0.2) is 36.9 Å². The minimum Gasteiger partial charge on any atom is -0.277 e. The van der Waals surface area contributed by atoms with E-state index in [0.717, 1.165) is 11.3 Å². The van der Waals surface area contributed by atoms with Gasteiger partial charge >= 0.3 is 0 Å². The van der Waals surface area contributed by atoms with Crippen LogP contribution in [0.2, 0.25) is 0 Å². The standard InChI is InChI=1S/C10H8Br2N2O2S2/c1-6-8(2-3-9(12)13-6)14-18(15,16)10-7(11)4-5-17-10/h2-5,14H,1H3. The van der Waals surface area contributed by atoms with E-state index in [1.54, 1.807) is 30.5 Å². The van der Waals surface area contributed by atoms with Crippen LogP contribution in [0.4, 0.5) is 5.69 Å². The van der Waals surface area contributed by atoms with E-state index in [1.165, 1.54) is 0 Å². The minimum atomic E-state index is -3.57. The Bertz CT molecular complexity index is 683. The van der Waals surface area contributed by atoms with Crippen LogP contribution >= 0.6 is 43.2 Å². The fourth-order valence-corrected chi connectivity index (χ4v) is 5.16. The molecule has 0 bridgehead atoms.